The first-order valence-electron chi connectivity index (χ1n) is 9.02. The van der Waals surface area contributed by atoms with Crippen molar-refractivity contribution in [2.75, 3.05) is 72.5 Å². The topological polar surface area (TPSA) is 69.2 Å². The fourth-order valence-corrected chi connectivity index (χ4v) is 2.95. The minimum atomic E-state index is 0.0129. The third-order valence-corrected chi connectivity index (χ3v) is 4.83. The van der Waals surface area contributed by atoms with Crippen molar-refractivity contribution >= 4 is 23.6 Å². The number of likely N-dealkylation sites (N-methyl/N-ethyl adjacent to an activating group) is 1. The van der Waals surface area contributed by atoms with E-state index in [9.17, 15) is 4.79 Å². The Labute approximate surface area is 156 Å². The quantitative estimate of drug-likeness (QED) is 0.330. The van der Waals surface area contributed by atoms with Crippen LogP contribution in [0.3, 0.4) is 0 Å². The first-order chi connectivity index (χ1) is 12.1. The Hall–Kier alpha value is -0.990. The zero-order valence-corrected chi connectivity index (χ0v) is 17.0. The van der Waals surface area contributed by atoms with Crippen LogP contribution in [-0.2, 0) is 9.53 Å². The molecule has 1 fully saturated rings. The Bertz CT molecular complexity index is 398. The molecule has 1 aliphatic rings. The van der Waals surface area contributed by atoms with Crippen LogP contribution < -0.4 is 10.6 Å². The van der Waals surface area contributed by atoms with Gasteiger partial charge in [0.05, 0.1) is 0 Å². The van der Waals surface area contributed by atoms with Crippen LogP contribution in [0.5, 0.6) is 0 Å². The van der Waals surface area contributed by atoms with Gasteiger partial charge in [-0.25, -0.2) is 4.99 Å². The van der Waals surface area contributed by atoms with Gasteiger partial charge in [0.2, 0.25) is 5.91 Å². The Morgan fingerprint density at radius 1 is 1.36 bits per heavy atom. The van der Waals surface area contributed by atoms with Crippen LogP contribution in [0.4, 0.5) is 0 Å². The standard InChI is InChI=1S/C17H35N5O2S/c1-21(2)16(23)14-19-17(18-8-13-25-4)20-15-6-10-22(11-7-15)9-5-12-24-3/h15H,5-14H2,1-4H3,(H2,18,19,20). The molecule has 0 unspecified atom stereocenters. The number of guanidine groups is 1. The Morgan fingerprint density at radius 2 is 2.08 bits per heavy atom. The van der Waals surface area contributed by atoms with Gasteiger partial charge >= 0.3 is 0 Å². The lowest BCUT2D eigenvalue weighted by Crippen LogP contribution is -2.49. The van der Waals surface area contributed by atoms with E-state index in [1.807, 2.05) is 0 Å². The molecular weight excluding hydrogens is 338 g/mol. The van der Waals surface area contributed by atoms with Crippen LogP contribution in [0.25, 0.3) is 0 Å². The summed E-state index contributed by atoms with van der Waals surface area (Å²) >= 11 is 1.79. The molecule has 1 amide bonds. The molecule has 1 rings (SSSR count). The van der Waals surface area contributed by atoms with Gasteiger partial charge in [-0.1, -0.05) is 0 Å². The van der Waals surface area contributed by atoms with Gasteiger partial charge in [-0.15, -0.1) is 0 Å². The van der Waals surface area contributed by atoms with Crippen molar-refractivity contribution in [1.82, 2.24) is 20.4 Å². The number of carbonyl (C=O) groups excluding carboxylic acids is 1. The van der Waals surface area contributed by atoms with Crippen molar-refractivity contribution < 1.29 is 9.53 Å². The third kappa shape index (κ3) is 9.91. The van der Waals surface area contributed by atoms with Crippen LogP contribution in [-0.4, -0.2) is 100 Å². The van der Waals surface area contributed by atoms with Gasteiger partial charge in [0.15, 0.2) is 5.96 Å². The smallest absolute Gasteiger partial charge is 0.243 e. The molecule has 0 aliphatic carbocycles. The SMILES string of the molecule is COCCCN1CCC(NC(=NCC(=O)N(C)C)NCCSC)CC1. The number of nitrogens with one attached hydrogen (secondary N) is 2. The number of ether oxygens (including phenoxy) is 1. The second-order valence-corrected chi connectivity index (χ2v) is 7.46. The number of methoxy groups -OCH3 is 1. The number of thioether (sulfide) groups is 1. The second kappa shape index (κ2) is 13.2. The molecule has 0 spiro atoms. The van der Waals surface area contributed by atoms with Gasteiger partial charge in [-0.2, -0.15) is 11.8 Å². The number of amides is 1. The minimum Gasteiger partial charge on any atom is -0.385 e. The molecule has 25 heavy (non-hydrogen) atoms. The number of likely N-dealkylation sites (tertiary alicyclic amines) is 1. The predicted octanol–water partition coefficient (Wildman–Crippen LogP) is 0.474. The molecule has 1 aliphatic heterocycles. The molecule has 0 aromatic carbocycles. The van der Waals surface area contributed by atoms with E-state index < -0.39 is 0 Å². The molecule has 0 radical (unpaired) electrons. The zero-order valence-electron chi connectivity index (χ0n) is 16.2. The number of nitrogens with zero attached hydrogens (tertiary/aromatic N) is 3. The highest BCUT2D eigenvalue weighted by molar-refractivity contribution is 7.98. The number of aliphatic imine (C=N–C) groups is 1. The van der Waals surface area contributed by atoms with E-state index >= 15 is 0 Å². The van der Waals surface area contributed by atoms with Gasteiger partial charge in [-0.05, 0) is 25.5 Å². The Balaban J connectivity index is 2.43. The van der Waals surface area contributed by atoms with E-state index in [1.54, 1.807) is 37.9 Å². The van der Waals surface area contributed by atoms with E-state index in [-0.39, 0.29) is 12.5 Å². The fourth-order valence-electron chi connectivity index (χ4n) is 2.64. The first-order valence-corrected chi connectivity index (χ1v) is 10.4. The number of hydrogen-bond donors (Lipinski definition) is 2. The Morgan fingerprint density at radius 3 is 2.68 bits per heavy atom. The molecule has 0 bridgehead atoms. The van der Waals surface area contributed by atoms with E-state index in [0.29, 0.717) is 6.04 Å². The number of rotatable bonds is 10. The van der Waals surface area contributed by atoms with E-state index in [0.717, 1.165) is 63.8 Å². The third-order valence-electron chi connectivity index (χ3n) is 4.22. The lowest BCUT2D eigenvalue weighted by atomic mass is 10.1. The molecule has 0 atom stereocenters. The van der Waals surface area contributed by atoms with E-state index in [4.69, 9.17) is 4.74 Å². The highest BCUT2D eigenvalue weighted by Gasteiger charge is 2.19. The van der Waals surface area contributed by atoms with Crippen LogP contribution in [0.15, 0.2) is 4.99 Å². The first kappa shape index (κ1) is 22.1. The van der Waals surface area contributed by atoms with Crippen LogP contribution in [0.2, 0.25) is 0 Å². The van der Waals surface area contributed by atoms with Gasteiger partial charge in [0, 0.05) is 65.8 Å². The average molecular weight is 374 g/mol. The maximum atomic E-state index is 11.8. The predicted molar refractivity (Wildman–Crippen MR) is 106 cm³/mol. The lowest BCUT2D eigenvalue weighted by Gasteiger charge is -2.33. The molecule has 146 valence electrons. The van der Waals surface area contributed by atoms with Crippen molar-refractivity contribution in [2.24, 2.45) is 4.99 Å². The second-order valence-electron chi connectivity index (χ2n) is 6.48. The number of hydrogen-bond acceptors (Lipinski definition) is 5. The van der Waals surface area contributed by atoms with Crippen LogP contribution in [0.1, 0.15) is 19.3 Å². The molecule has 1 heterocycles. The molecule has 0 aromatic rings. The van der Waals surface area contributed by atoms with E-state index in [1.165, 1.54) is 0 Å². The summed E-state index contributed by atoms with van der Waals surface area (Å²) < 4.78 is 5.12. The normalized spacial score (nSPS) is 16.7. The molecule has 1 saturated heterocycles. The average Bonchev–Trinajstić information content (AvgIpc) is 2.61. The fraction of sp³-hybridized carbons (Fsp3) is 0.882. The maximum absolute atomic E-state index is 11.8. The van der Waals surface area contributed by atoms with Gasteiger partial charge in [0.1, 0.15) is 6.54 Å². The summed E-state index contributed by atoms with van der Waals surface area (Å²) in [6, 6.07) is 0.411. The summed E-state index contributed by atoms with van der Waals surface area (Å²) in [4.78, 5) is 20.3. The van der Waals surface area contributed by atoms with Crippen molar-refractivity contribution in [3.63, 3.8) is 0 Å². The zero-order chi connectivity index (χ0) is 18.5. The van der Waals surface area contributed by atoms with Crippen molar-refractivity contribution in [1.29, 1.82) is 0 Å². The number of carbonyl (C=O) groups is 1. The molecule has 8 heteroatoms. The summed E-state index contributed by atoms with van der Waals surface area (Å²) in [5.74, 6) is 1.78. The maximum Gasteiger partial charge on any atom is 0.243 e. The number of piperidine rings is 1. The monoisotopic (exact) mass is 373 g/mol. The lowest BCUT2D eigenvalue weighted by molar-refractivity contribution is -0.127. The summed E-state index contributed by atoms with van der Waals surface area (Å²) in [6.07, 6.45) is 5.36. The van der Waals surface area contributed by atoms with Gasteiger partial charge in [-0.3, -0.25) is 4.79 Å². The molecule has 2 N–H and O–H groups in total. The van der Waals surface area contributed by atoms with Crippen molar-refractivity contribution in [2.45, 2.75) is 25.3 Å². The molecule has 0 aromatic heterocycles. The largest absolute Gasteiger partial charge is 0.385 e. The highest BCUT2D eigenvalue weighted by atomic mass is 32.2. The molecular formula is C17H35N5O2S. The van der Waals surface area contributed by atoms with Crippen LogP contribution in [0, 0.1) is 0 Å². The molecule has 0 saturated carbocycles. The van der Waals surface area contributed by atoms with Crippen LogP contribution >= 0.6 is 11.8 Å². The highest BCUT2D eigenvalue weighted by Crippen LogP contribution is 2.10. The minimum absolute atomic E-state index is 0.0129. The van der Waals surface area contributed by atoms with Gasteiger partial charge in [0.25, 0.3) is 0 Å². The van der Waals surface area contributed by atoms with Crippen molar-refractivity contribution in [3.05, 3.63) is 0 Å². The summed E-state index contributed by atoms with van der Waals surface area (Å²) in [6.45, 7) is 5.14. The molecule has 7 nitrogen and oxygen atoms in total. The summed E-state index contributed by atoms with van der Waals surface area (Å²) in [5, 5.41) is 6.84. The Kier molecular flexibility index (Phi) is 11.7. The summed E-state index contributed by atoms with van der Waals surface area (Å²) in [5.41, 5.74) is 0. The van der Waals surface area contributed by atoms with E-state index in [2.05, 4.69) is 26.8 Å². The van der Waals surface area contributed by atoms with Crippen molar-refractivity contribution in [3.8, 4) is 0 Å². The summed E-state index contributed by atoms with van der Waals surface area (Å²) in [7, 11) is 5.26. The van der Waals surface area contributed by atoms with Gasteiger partial charge < -0.3 is 25.2 Å².